The molecule has 1 saturated carbocycles. The van der Waals surface area contributed by atoms with E-state index in [4.69, 9.17) is 5.73 Å². The molecule has 0 saturated heterocycles. The van der Waals surface area contributed by atoms with Crippen LogP contribution < -0.4 is 5.73 Å². The number of alkyl halides is 1. The zero-order valence-electron chi connectivity index (χ0n) is 8.29. The molecule has 2 nitrogen and oxygen atoms in total. The zero-order chi connectivity index (χ0) is 10.2. The maximum atomic E-state index is 14.1. The Hall–Kier alpha value is -0.480. The van der Waals surface area contributed by atoms with Crippen LogP contribution in [0.2, 0.25) is 0 Å². The van der Waals surface area contributed by atoms with Crippen LogP contribution >= 0.6 is 11.3 Å². The molecule has 0 spiro atoms. The highest BCUT2D eigenvalue weighted by Crippen LogP contribution is 2.35. The first-order chi connectivity index (χ1) is 6.57. The third-order valence-corrected chi connectivity index (χ3v) is 3.58. The van der Waals surface area contributed by atoms with E-state index in [1.807, 2.05) is 12.3 Å². The van der Waals surface area contributed by atoms with Gasteiger partial charge >= 0.3 is 0 Å². The summed E-state index contributed by atoms with van der Waals surface area (Å²) in [4.78, 5) is 4.28. The molecular weight excluding hydrogens is 199 g/mol. The van der Waals surface area contributed by atoms with Gasteiger partial charge in [-0.05, 0) is 26.2 Å². The van der Waals surface area contributed by atoms with Gasteiger partial charge in [0.05, 0.1) is 10.7 Å². The largest absolute Gasteiger partial charge is 0.328 e. The normalized spacial score (nSPS) is 32.4. The van der Waals surface area contributed by atoms with Crippen molar-refractivity contribution in [2.24, 2.45) is 5.73 Å². The van der Waals surface area contributed by atoms with E-state index in [0.717, 1.165) is 17.1 Å². The van der Waals surface area contributed by atoms with Crippen LogP contribution in [0.3, 0.4) is 0 Å². The molecule has 78 valence electrons. The number of halogens is 1. The number of rotatable bonds is 2. The van der Waals surface area contributed by atoms with Crippen molar-refractivity contribution in [2.75, 3.05) is 0 Å². The molecule has 0 aliphatic heterocycles. The van der Waals surface area contributed by atoms with Gasteiger partial charge < -0.3 is 5.73 Å². The first kappa shape index (κ1) is 10.1. The van der Waals surface area contributed by atoms with Crippen LogP contribution in [0.1, 0.15) is 30.0 Å². The Morgan fingerprint density at radius 1 is 1.79 bits per heavy atom. The first-order valence-electron chi connectivity index (χ1n) is 4.93. The number of thiazole rings is 1. The summed E-state index contributed by atoms with van der Waals surface area (Å²) < 4.78 is 14.1. The fourth-order valence-electron chi connectivity index (χ4n) is 2.09. The molecule has 2 unspecified atom stereocenters. The van der Waals surface area contributed by atoms with E-state index in [9.17, 15) is 4.39 Å². The Morgan fingerprint density at radius 3 is 3.07 bits per heavy atom. The van der Waals surface area contributed by atoms with Crippen molar-refractivity contribution in [1.82, 2.24) is 4.98 Å². The standard InChI is InChI=1S/C10H15FN2S/c1-7-13-9(6-14-7)5-10(11)3-2-8(12)4-10/h6,8H,2-5,12H2,1H3. The molecule has 2 atom stereocenters. The summed E-state index contributed by atoms with van der Waals surface area (Å²) in [6.07, 6.45) is 2.32. The van der Waals surface area contributed by atoms with Gasteiger partial charge in [-0.1, -0.05) is 0 Å². The zero-order valence-corrected chi connectivity index (χ0v) is 9.11. The molecule has 0 aromatic carbocycles. The van der Waals surface area contributed by atoms with Crippen LogP contribution in [0.15, 0.2) is 5.38 Å². The molecule has 2 rings (SSSR count). The lowest BCUT2D eigenvalue weighted by molar-refractivity contribution is 0.169. The molecule has 4 heteroatoms. The van der Waals surface area contributed by atoms with E-state index in [0.29, 0.717) is 19.3 Å². The third-order valence-electron chi connectivity index (χ3n) is 2.76. The highest BCUT2D eigenvalue weighted by molar-refractivity contribution is 7.09. The smallest absolute Gasteiger partial charge is 0.118 e. The second-order valence-corrected chi connectivity index (χ2v) is 5.25. The third kappa shape index (κ3) is 2.12. The molecule has 1 aliphatic rings. The number of aromatic nitrogens is 1. The Kier molecular flexibility index (Phi) is 2.58. The van der Waals surface area contributed by atoms with Crippen LogP contribution in [-0.2, 0) is 6.42 Å². The van der Waals surface area contributed by atoms with Crippen molar-refractivity contribution in [3.05, 3.63) is 16.1 Å². The average molecular weight is 214 g/mol. The van der Waals surface area contributed by atoms with Crippen LogP contribution in [-0.4, -0.2) is 16.7 Å². The maximum absolute atomic E-state index is 14.1. The second kappa shape index (κ2) is 3.59. The van der Waals surface area contributed by atoms with E-state index in [2.05, 4.69) is 4.98 Å². The van der Waals surface area contributed by atoms with Crippen LogP contribution in [0.25, 0.3) is 0 Å². The van der Waals surface area contributed by atoms with Gasteiger partial charge in [-0.3, -0.25) is 0 Å². The molecule has 0 bridgehead atoms. The predicted octanol–water partition coefficient (Wildman–Crippen LogP) is 2.21. The molecule has 1 aliphatic carbocycles. The lowest BCUT2D eigenvalue weighted by Crippen LogP contribution is -2.25. The van der Waals surface area contributed by atoms with Crippen molar-refractivity contribution in [3.8, 4) is 0 Å². The van der Waals surface area contributed by atoms with Crippen LogP contribution in [0.4, 0.5) is 4.39 Å². The summed E-state index contributed by atoms with van der Waals surface area (Å²) in [6.45, 7) is 1.94. The van der Waals surface area contributed by atoms with Gasteiger partial charge in [0.1, 0.15) is 5.67 Å². The minimum absolute atomic E-state index is 0.0414. The fraction of sp³-hybridized carbons (Fsp3) is 0.700. The Balaban J connectivity index is 2.03. The highest BCUT2D eigenvalue weighted by Gasteiger charge is 2.38. The molecule has 1 aromatic heterocycles. The quantitative estimate of drug-likeness (QED) is 0.819. The van der Waals surface area contributed by atoms with Crippen molar-refractivity contribution in [1.29, 1.82) is 0 Å². The van der Waals surface area contributed by atoms with Gasteiger partial charge in [0.25, 0.3) is 0 Å². The molecule has 0 radical (unpaired) electrons. The lowest BCUT2D eigenvalue weighted by atomic mass is 9.98. The van der Waals surface area contributed by atoms with Crippen molar-refractivity contribution in [2.45, 2.75) is 44.3 Å². The van der Waals surface area contributed by atoms with E-state index < -0.39 is 5.67 Å². The molecular formula is C10H15FN2S. The lowest BCUT2D eigenvalue weighted by Gasteiger charge is -2.17. The Morgan fingerprint density at radius 2 is 2.57 bits per heavy atom. The Bertz CT molecular complexity index is 326. The number of hydrogen-bond donors (Lipinski definition) is 1. The summed E-state index contributed by atoms with van der Waals surface area (Å²) in [5, 5.41) is 2.95. The first-order valence-corrected chi connectivity index (χ1v) is 5.81. The summed E-state index contributed by atoms with van der Waals surface area (Å²) in [7, 11) is 0. The van der Waals surface area contributed by atoms with Crippen LogP contribution in [0, 0.1) is 6.92 Å². The van der Waals surface area contributed by atoms with Gasteiger partial charge in [0.15, 0.2) is 0 Å². The number of aryl methyl sites for hydroxylation is 1. The minimum Gasteiger partial charge on any atom is -0.328 e. The molecule has 1 heterocycles. The fourth-order valence-corrected chi connectivity index (χ4v) is 2.71. The molecule has 0 amide bonds. The van der Waals surface area contributed by atoms with Gasteiger partial charge in [-0.2, -0.15) is 0 Å². The van der Waals surface area contributed by atoms with Gasteiger partial charge in [0.2, 0.25) is 0 Å². The van der Waals surface area contributed by atoms with E-state index in [1.165, 1.54) is 0 Å². The summed E-state index contributed by atoms with van der Waals surface area (Å²) >= 11 is 1.58. The van der Waals surface area contributed by atoms with E-state index in [1.54, 1.807) is 11.3 Å². The maximum Gasteiger partial charge on any atom is 0.118 e. The SMILES string of the molecule is Cc1nc(CC2(F)CCC(N)C2)cs1. The minimum atomic E-state index is -1.10. The molecule has 14 heavy (non-hydrogen) atoms. The highest BCUT2D eigenvalue weighted by atomic mass is 32.1. The van der Waals surface area contributed by atoms with Gasteiger partial charge in [0, 0.05) is 17.8 Å². The van der Waals surface area contributed by atoms with E-state index in [-0.39, 0.29) is 6.04 Å². The molecule has 2 N–H and O–H groups in total. The van der Waals surface area contributed by atoms with Gasteiger partial charge in [-0.25, -0.2) is 9.37 Å². The molecule has 1 fully saturated rings. The van der Waals surface area contributed by atoms with Crippen molar-refractivity contribution < 1.29 is 4.39 Å². The van der Waals surface area contributed by atoms with E-state index >= 15 is 0 Å². The monoisotopic (exact) mass is 214 g/mol. The Labute approximate surface area is 87.3 Å². The van der Waals surface area contributed by atoms with Crippen molar-refractivity contribution >= 4 is 11.3 Å². The molecule has 1 aromatic rings. The summed E-state index contributed by atoms with van der Waals surface area (Å²) in [6, 6.07) is 0.0414. The van der Waals surface area contributed by atoms with Crippen LogP contribution in [0.5, 0.6) is 0 Å². The van der Waals surface area contributed by atoms with Crippen molar-refractivity contribution in [3.63, 3.8) is 0 Å². The average Bonchev–Trinajstić information content (AvgIpc) is 2.60. The number of hydrogen-bond acceptors (Lipinski definition) is 3. The predicted molar refractivity (Wildman–Crippen MR) is 56.2 cm³/mol. The second-order valence-electron chi connectivity index (χ2n) is 4.19. The summed E-state index contributed by atoms with van der Waals surface area (Å²) in [5.74, 6) is 0. The number of nitrogens with two attached hydrogens (primary N) is 1. The topological polar surface area (TPSA) is 38.9 Å². The van der Waals surface area contributed by atoms with Gasteiger partial charge in [-0.15, -0.1) is 11.3 Å². The summed E-state index contributed by atoms with van der Waals surface area (Å²) in [5.41, 5.74) is 5.49. The number of nitrogens with zero attached hydrogens (tertiary/aromatic N) is 1.